The van der Waals surface area contributed by atoms with Gasteiger partial charge in [0.05, 0.1) is 6.10 Å². The topological polar surface area (TPSA) is 38.5 Å². The van der Waals surface area contributed by atoms with E-state index in [1.807, 2.05) is 0 Å². The quantitative estimate of drug-likeness (QED) is 0.770. The number of nitrogens with two attached hydrogens (primary N) is 1. The second-order valence-corrected chi connectivity index (χ2v) is 5.69. The Bertz CT molecular complexity index is 183. The summed E-state index contributed by atoms with van der Waals surface area (Å²) >= 11 is 0. The lowest BCUT2D eigenvalue weighted by atomic mass is 9.85. The van der Waals surface area contributed by atoms with Crippen molar-refractivity contribution in [2.24, 2.45) is 11.1 Å². The lowest BCUT2D eigenvalue weighted by Crippen LogP contribution is -2.49. The summed E-state index contributed by atoms with van der Waals surface area (Å²) in [5.41, 5.74) is 6.09. The van der Waals surface area contributed by atoms with Crippen LogP contribution in [0.15, 0.2) is 0 Å². The number of rotatable bonds is 4. The van der Waals surface area contributed by atoms with Crippen molar-refractivity contribution in [3.05, 3.63) is 0 Å². The first-order valence-corrected chi connectivity index (χ1v) is 5.97. The van der Waals surface area contributed by atoms with Crippen molar-refractivity contribution < 1.29 is 4.74 Å². The van der Waals surface area contributed by atoms with Gasteiger partial charge in [0.25, 0.3) is 0 Å². The van der Waals surface area contributed by atoms with Crippen LogP contribution in [0.1, 0.15) is 33.6 Å². The standard InChI is InChI=1S/C12H26N2O/c1-12(2,3)11(8-13)14(4)9-10-6-5-7-15-10/h10-11H,5-9,13H2,1-4H3. The maximum atomic E-state index is 5.85. The third-order valence-electron chi connectivity index (χ3n) is 3.27. The van der Waals surface area contributed by atoms with Crippen molar-refractivity contribution >= 4 is 0 Å². The molecule has 15 heavy (non-hydrogen) atoms. The van der Waals surface area contributed by atoms with Gasteiger partial charge in [-0.05, 0) is 25.3 Å². The zero-order valence-corrected chi connectivity index (χ0v) is 10.6. The van der Waals surface area contributed by atoms with Gasteiger partial charge in [-0.1, -0.05) is 20.8 Å². The van der Waals surface area contributed by atoms with E-state index in [4.69, 9.17) is 10.5 Å². The van der Waals surface area contributed by atoms with Crippen LogP contribution in [0.2, 0.25) is 0 Å². The molecule has 3 heteroatoms. The summed E-state index contributed by atoms with van der Waals surface area (Å²) in [6.07, 6.45) is 2.83. The van der Waals surface area contributed by atoms with Crippen LogP contribution < -0.4 is 5.73 Å². The van der Waals surface area contributed by atoms with Crippen LogP contribution in [0.3, 0.4) is 0 Å². The van der Waals surface area contributed by atoms with Crippen molar-refractivity contribution in [1.82, 2.24) is 4.90 Å². The molecule has 1 heterocycles. The molecule has 0 aromatic rings. The highest BCUT2D eigenvalue weighted by molar-refractivity contribution is 4.84. The minimum absolute atomic E-state index is 0.238. The summed E-state index contributed by atoms with van der Waals surface area (Å²) in [4.78, 5) is 2.36. The number of likely N-dealkylation sites (N-methyl/N-ethyl adjacent to an activating group) is 1. The van der Waals surface area contributed by atoms with Gasteiger partial charge in [0.1, 0.15) is 0 Å². The lowest BCUT2D eigenvalue weighted by Gasteiger charge is -2.38. The summed E-state index contributed by atoms with van der Waals surface area (Å²) in [7, 11) is 2.16. The number of hydrogen-bond donors (Lipinski definition) is 1. The molecule has 1 aliphatic rings. The van der Waals surface area contributed by atoms with Crippen molar-refractivity contribution in [3.8, 4) is 0 Å². The molecule has 0 radical (unpaired) electrons. The third kappa shape index (κ3) is 3.74. The molecule has 2 N–H and O–H groups in total. The summed E-state index contributed by atoms with van der Waals surface area (Å²) < 4.78 is 5.65. The van der Waals surface area contributed by atoms with Crippen LogP contribution in [0.25, 0.3) is 0 Å². The van der Waals surface area contributed by atoms with Crippen molar-refractivity contribution in [3.63, 3.8) is 0 Å². The molecule has 0 spiro atoms. The minimum Gasteiger partial charge on any atom is -0.377 e. The molecule has 3 nitrogen and oxygen atoms in total. The first kappa shape index (κ1) is 12.9. The average molecular weight is 214 g/mol. The molecule has 0 aromatic heterocycles. The highest BCUT2D eigenvalue weighted by Gasteiger charge is 2.29. The Balaban J connectivity index is 2.45. The maximum Gasteiger partial charge on any atom is 0.0702 e. The molecule has 2 unspecified atom stereocenters. The molecule has 1 saturated heterocycles. The number of nitrogens with zero attached hydrogens (tertiary/aromatic N) is 1. The van der Waals surface area contributed by atoms with Gasteiger partial charge in [0.15, 0.2) is 0 Å². The fourth-order valence-corrected chi connectivity index (χ4v) is 2.43. The van der Waals surface area contributed by atoms with Gasteiger partial charge in [-0.2, -0.15) is 0 Å². The molecule has 1 rings (SSSR count). The van der Waals surface area contributed by atoms with E-state index in [0.717, 1.165) is 13.2 Å². The van der Waals surface area contributed by atoms with Gasteiger partial charge in [-0.25, -0.2) is 0 Å². The van der Waals surface area contributed by atoms with E-state index in [9.17, 15) is 0 Å². The first-order valence-electron chi connectivity index (χ1n) is 5.97. The summed E-state index contributed by atoms with van der Waals surface area (Å²) in [5.74, 6) is 0. The molecule has 0 bridgehead atoms. The Morgan fingerprint density at radius 1 is 1.47 bits per heavy atom. The van der Waals surface area contributed by atoms with E-state index in [1.165, 1.54) is 12.8 Å². The molecule has 0 amide bonds. The van der Waals surface area contributed by atoms with E-state index >= 15 is 0 Å². The molecule has 1 fully saturated rings. The van der Waals surface area contributed by atoms with Crippen LogP contribution in [-0.2, 0) is 4.74 Å². The van der Waals surface area contributed by atoms with E-state index in [-0.39, 0.29) is 5.41 Å². The molecule has 0 aromatic carbocycles. The van der Waals surface area contributed by atoms with Crippen LogP contribution in [-0.4, -0.2) is 43.8 Å². The zero-order valence-electron chi connectivity index (χ0n) is 10.6. The Labute approximate surface area is 94.0 Å². The van der Waals surface area contributed by atoms with Crippen molar-refractivity contribution in [1.29, 1.82) is 0 Å². The molecular weight excluding hydrogens is 188 g/mol. The highest BCUT2D eigenvalue weighted by atomic mass is 16.5. The highest BCUT2D eigenvalue weighted by Crippen LogP contribution is 2.24. The van der Waals surface area contributed by atoms with Gasteiger partial charge in [0.2, 0.25) is 0 Å². The van der Waals surface area contributed by atoms with Crippen LogP contribution in [0.5, 0.6) is 0 Å². The van der Waals surface area contributed by atoms with Gasteiger partial charge >= 0.3 is 0 Å². The maximum absolute atomic E-state index is 5.85. The molecule has 2 atom stereocenters. The Morgan fingerprint density at radius 2 is 2.13 bits per heavy atom. The third-order valence-corrected chi connectivity index (χ3v) is 3.27. The molecule has 0 saturated carbocycles. The van der Waals surface area contributed by atoms with E-state index < -0.39 is 0 Å². The number of hydrogen-bond acceptors (Lipinski definition) is 3. The zero-order chi connectivity index (χ0) is 11.5. The summed E-state index contributed by atoms with van der Waals surface area (Å²) in [6.45, 7) is 9.40. The van der Waals surface area contributed by atoms with Crippen LogP contribution in [0.4, 0.5) is 0 Å². The van der Waals surface area contributed by atoms with Crippen molar-refractivity contribution in [2.45, 2.75) is 45.8 Å². The summed E-state index contributed by atoms with van der Waals surface area (Å²) in [6, 6.07) is 0.432. The molecule has 90 valence electrons. The molecule has 0 aliphatic carbocycles. The Morgan fingerprint density at radius 3 is 2.53 bits per heavy atom. The largest absolute Gasteiger partial charge is 0.377 e. The second-order valence-electron chi connectivity index (χ2n) is 5.69. The molecular formula is C12H26N2O. The fraction of sp³-hybridized carbons (Fsp3) is 1.00. The number of ether oxygens (including phenoxy) is 1. The SMILES string of the molecule is CN(CC1CCCO1)C(CN)C(C)(C)C. The second kappa shape index (κ2) is 5.28. The lowest BCUT2D eigenvalue weighted by molar-refractivity contribution is 0.0458. The fourth-order valence-electron chi connectivity index (χ4n) is 2.43. The monoisotopic (exact) mass is 214 g/mol. The smallest absolute Gasteiger partial charge is 0.0702 e. The van der Waals surface area contributed by atoms with Crippen molar-refractivity contribution in [2.75, 3.05) is 26.7 Å². The predicted molar refractivity (Wildman–Crippen MR) is 63.9 cm³/mol. The van der Waals surface area contributed by atoms with Gasteiger partial charge < -0.3 is 10.5 Å². The first-order chi connectivity index (χ1) is 6.95. The summed E-state index contributed by atoms with van der Waals surface area (Å²) in [5, 5.41) is 0. The van der Waals surface area contributed by atoms with E-state index in [1.54, 1.807) is 0 Å². The van der Waals surface area contributed by atoms with E-state index in [0.29, 0.717) is 18.7 Å². The van der Waals surface area contributed by atoms with E-state index in [2.05, 4.69) is 32.7 Å². The van der Waals surface area contributed by atoms with Gasteiger partial charge in [0, 0.05) is 25.7 Å². The van der Waals surface area contributed by atoms with Gasteiger partial charge in [-0.15, -0.1) is 0 Å². The predicted octanol–water partition coefficient (Wildman–Crippen LogP) is 1.47. The minimum atomic E-state index is 0.238. The Kier molecular flexibility index (Phi) is 4.56. The Hall–Kier alpha value is -0.120. The van der Waals surface area contributed by atoms with Gasteiger partial charge in [-0.3, -0.25) is 4.90 Å². The normalized spacial score (nSPS) is 24.8. The average Bonchev–Trinajstić information content (AvgIpc) is 2.54. The van der Waals surface area contributed by atoms with Crippen LogP contribution >= 0.6 is 0 Å². The molecule has 1 aliphatic heterocycles. The van der Waals surface area contributed by atoms with Crippen LogP contribution in [0, 0.1) is 5.41 Å².